The molecule has 0 saturated carbocycles. The Morgan fingerprint density at radius 3 is 3.00 bits per heavy atom. The molecule has 0 spiro atoms. The number of aromatic nitrogens is 2. The molecule has 2 aromatic rings. The summed E-state index contributed by atoms with van der Waals surface area (Å²) in [5.74, 6) is 0.260. The average molecular weight is 325 g/mol. The van der Waals surface area contributed by atoms with Crippen LogP contribution in [0, 0.1) is 0 Å². The van der Waals surface area contributed by atoms with E-state index in [1.54, 1.807) is 35.1 Å². The molecule has 0 aliphatic carbocycles. The Hall–Kier alpha value is -1.82. The molecule has 6 heteroatoms. The molecular weight excluding hydrogens is 312 g/mol. The Balaban J connectivity index is 1.90. The van der Waals surface area contributed by atoms with Crippen LogP contribution < -0.4 is 4.74 Å². The SMILES string of the molecule is COC(=O)c1cccc(OCCn2cc(Br)cn2)c1. The van der Waals surface area contributed by atoms with E-state index in [1.807, 2.05) is 6.20 Å². The molecule has 0 unspecified atom stereocenters. The predicted molar refractivity (Wildman–Crippen MR) is 73.2 cm³/mol. The number of halogens is 1. The van der Waals surface area contributed by atoms with Crippen molar-refractivity contribution in [2.75, 3.05) is 13.7 Å². The van der Waals surface area contributed by atoms with Crippen LogP contribution in [0.2, 0.25) is 0 Å². The molecule has 0 amide bonds. The van der Waals surface area contributed by atoms with E-state index >= 15 is 0 Å². The first kappa shape index (κ1) is 13.6. The van der Waals surface area contributed by atoms with Gasteiger partial charge in [-0.25, -0.2) is 4.79 Å². The molecule has 1 aromatic carbocycles. The van der Waals surface area contributed by atoms with Gasteiger partial charge in [0.2, 0.25) is 0 Å². The largest absolute Gasteiger partial charge is 0.492 e. The Morgan fingerprint density at radius 1 is 1.47 bits per heavy atom. The third kappa shape index (κ3) is 3.82. The highest BCUT2D eigenvalue weighted by Gasteiger charge is 2.06. The lowest BCUT2D eigenvalue weighted by molar-refractivity contribution is 0.0600. The summed E-state index contributed by atoms with van der Waals surface area (Å²) < 4.78 is 12.9. The second-order valence-corrected chi connectivity index (χ2v) is 4.71. The Morgan fingerprint density at radius 2 is 2.32 bits per heavy atom. The maximum absolute atomic E-state index is 11.4. The van der Waals surface area contributed by atoms with Crippen LogP contribution in [0.5, 0.6) is 5.75 Å². The summed E-state index contributed by atoms with van der Waals surface area (Å²) in [6.45, 7) is 1.10. The third-order valence-corrected chi connectivity index (χ3v) is 2.86. The van der Waals surface area contributed by atoms with Crippen LogP contribution in [0.4, 0.5) is 0 Å². The summed E-state index contributed by atoms with van der Waals surface area (Å²) in [5.41, 5.74) is 0.474. The van der Waals surface area contributed by atoms with E-state index in [0.29, 0.717) is 24.5 Å². The van der Waals surface area contributed by atoms with E-state index < -0.39 is 0 Å². The molecule has 0 saturated heterocycles. The highest BCUT2D eigenvalue weighted by Crippen LogP contribution is 2.14. The second-order valence-electron chi connectivity index (χ2n) is 3.79. The van der Waals surface area contributed by atoms with Gasteiger partial charge in [0.1, 0.15) is 12.4 Å². The van der Waals surface area contributed by atoms with Crippen LogP contribution in [0.1, 0.15) is 10.4 Å². The smallest absolute Gasteiger partial charge is 0.337 e. The second kappa shape index (κ2) is 6.38. The number of ether oxygens (including phenoxy) is 2. The highest BCUT2D eigenvalue weighted by molar-refractivity contribution is 9.10. The van der Waals surface area contributed by atoms with Crippen LogP contribution in [-0.2, 0) is 11.3 Å². The van der Waals surface area contributed by atoms with E-state index in [-0.39, 0.29) is 5.97 Å². The first-order valence-corrected chi connectivity index (χ1v) is 6.47. The molecule has 0 aliphatic heterocycles. The van der Waals surface area contributed by atoms with Gasteiger partial charge in [-0.3, -0.25) is 4.68 Å². The van der Waals surface area contributed by atoms with Crippen molar-refractivity contribution in [2.45, 2.75) is 6.54 Å². The lowest BCUT2D eigenvalue weighted by Crippen LogP contribution is -2.09. The van der Waals surface area contributed by atoms with Gasteiger partial charge in [-0.1, -0.05) is 6.07 Å². The molecule has 1 heterocycles. The van der Waals surface area contributed by atoms with Crippen molar-refractivity contribution in [1.29, 1.82) is 0 Å². The maximum Gasteiger partial charge on any atom is 0.337 e. The quantitative estimate of drug-likeness (QED) is 0.793. The van der Waals surface area contributed by atoms with Gasteiger partial charge in [0.15, 0.2) is 0 Å². The van der Waals surface area contributed by atoms with E-state index in [2.05, 4.69) is 25.8 Å². The molecule has 19 heavy (non-hydrogen) atoms. The summed E-state index contributed by atoms with van der Waals surface area (Å²) in [6, 6.07) is 6.89. The van der Waals surface area contributed by atoms with E-state index in [0.717, 1.165) is 4.47 Å². The highest BCUT2D eigenvalue weighted by atomic mass is 79.9. The third-order valence-electron chi connectivity index (χ3n) is 2.45. The zero-order chi connectivity index (χ0) is 13.7. The summed E-state index contributed by atoms with van der Waals surface area (Å²) >= 11 is 3.33. The number of hydrogen-bond acceptors (Lipinski definition) is 4. The molecule has 5 nitrogen and oxygen atoms in total. The van der Waals surface area contributed by atoms with Gasteiger partial charge in [-0.05, 0) is 34.1 Å². The van der Waals surface area contributed by atoms with Gasteiger partial charge in [0.05, 0.1) is 29.9 Å². The monoisotopic (exact) mass is 324 g/mol. The van der Waals surface area contributed by atoms with Crippen molar-refractivity contribution < 1.29 is 14.3 Å². The Kier molecular flexibility index (Phi) is 4.57. The van der Waals surface area contributed by atoms with Gasteiger partial charge in [0.25, 0.3) is 0 Å². The standard InChI is InChI=1S/C13H13BrN2O3/c1-18-13(17)10-3-2-4-12(7-10)19-6-5-16-9-11(14)8-15-16/h2-4,7-9H,5-6H2,1H3. The molecular formula is C13H13BrN2O3. The van der Waals surface area contributed by atoms with Crippen LogP contribution in [0.3, 0.4) is 0 Å². The number of carbonyl (C=O) groups is 1. The van der Waals surface area contributed by atoms with Crippen LogP contribution in [-0.4, -0.2) is 29.5 Å². The zero-order valence-electron chi connectivity index (χ0n) is 10.4. The van der Waals surface area contributed by atoms with Crippen molar-refractivity contribution in [1.82, 2.24) is 9.78 Å². The van der Waals surface area contributed by atoms with Crippen molar-refractivity contribution in [3.63, 3.8) is 0 Å². The maximum atomic E-state index is 11.4. The zero-order valence-corrected chi connectivity index (χ0v) is 12.0. The van der Waals surface area contributed by atoms with E-state index in [4.69, 9.17) is 4.74 Å². The van der Waals surface area contributed by atoms with Crippen molar-refractivity contribution in [3.8, 4) is 5.75 Å². The van der Waals surface area contributed by atoms with Crippen molar-refractivity contribution in [2.24, 2.45) is 0 Å². The van der Waals surface area contributed by atoms with Gasteiger partial charge in [0, 0.05) is 6.20 Å². The molecule has 0 fully saturated rings. The number of benzene rings is 1. The predicted octanol–water partition coefficient (Wildman–Crippen LogP) is 2.51. The van der Waals surface area contributed by atoms with Crippen LogP contribution >= 0.6 is 15.9 Å². The fraction of sp³-hybridized carbons (Fsp3) is 0.231. The molecule has 0 N–H and O–H groups in total. The van der Waals surface area contributed by atoms with Crippen LogP contribution in [0.15, 0.2) is 41.1 Å². The number of carbonyl (C=O) groups excluding carboxylic acids is 1. The summed E-state index contributed by atoms with van der Waals surface area (Å²) in [4.78, 5) is 11.4. The number of nitrogens with zero attached hydrogens (tertiary/aromatic N) is 2. The Bertz CT molecular complexity index is 569. The molecule has 0 bridgehead atoms. The number of esters is 1. The topological polar surface area (TPSA) is 53.4 Å². The minimum Gasteiger partial charge on any atom is -0.492 e. The fourth-order valence-electron chi connectivity index (χ4n) is 1.55. The van der Waals surface area contributed by atoms with E-state index in [9.17, 15) is 4.79 Å². The lowest BCUT2D eigenvalue weighted by atomic mass is 10.2. The minimum absolute atomic E-state index is 0.374. The summed E-state index contributed by atoms with van der Waals surface area (Å²) in [5, 5.41) is 4.12. The normalized spacial score (nSPS) is 10.2. The number of hydrogen-bond donors (Lipinski definition) is 0. The lowest BCUT2D eigenvalue weighted by Gasteiger charge is -2.07. The van der Waals surface area contributed by atoms with Crippen molar-refractivity contribution in [3.05, 3.63) is 46.7 Å². The molecule has 0 radical (unpaired) electrons. The van der Waals surface area contributed by atoms with Gasteiger partial charge in [-0.15, -0.1) is 0 Å². The minimum atomic E-state index is -0.374. The van der Waals surface area contributed by atoms with Crippen molar-refractivity contribution >= 4 is 21.9 Å². The number of rotatable bonds is 5. The van der Waals surface area contributed by atoms with Gasteiger partial charge >= 0.3 is 5.97 Å². The fourth-order valence-corrected chi connectivity index (χ4v) is 1.88. The molecule has 100 valence electrons. The molecule has 0 atom stereocenters. The van der Waals surface area contributed by atoms with Gasteiger partial charge < -0.3 is 9.47 Å². The van der Waals surface area contributed by atoms with Crippen LogP contribution in [0.25, 0.3) is 0 Å². The first-order chi connectivity index (χ1) is 9.19. The molecule has 2 rings (SSSR count). The summed E-state index contributed by atoms with van der Waals surface area (Å²) in [6.07, 6.45) is 3.59. The molecule has 1 aromatic heterocycles. The number of methoxy groups -OCH3 is 1. The Labute approximate surface area is 119 Å². The molecule has 0 aliphatic rings. The summed E-state index contributed by atoms with van der Waals surface area (Å²) in [7, 11) is 1.35. The first-order valence-electron chi connectivity index (χ1n) is 5.68. The average Bonchev–Trinajstić information content (AvgIpc) is 2.84. The van der Waals surface area contributed by atoms with E-state index in [1.165, 1.54) is 7.11 Å². The van der Waals surface area contributed by atoms with Gasteiger partial charge in [-0.2, -0.15) is 5.10 Å².